The number of nitrogens with zero attached hydrogens (tertiary/aromatic N) is 2. The summed E-state index contributed by atoms with van der Waals surface area (Å²) in [4.78, 5) is 29.3. The molecule has 4 rings (SSSR count). The molecule has 2 aliphatic heterocycles. The molecule has 200 valence electrons. The predicted molar refractivity (Wildman–Crippen MR) is 148 cm³/mol. The Kier molecular flexibility index (Phi) is 10.8. The fourth-order valence-corrected chi connectivity index (χ4v) is 4.85. The Labute approximate surface area is 220 Å². The summed E-state index contributed by atoms with van der Waals surface area (Å²) in [6.07, 6.45) is 7.70. The molecule has 0 atom stereocenters. The summed E-state index contributed by atoms with van der Waals surface area (Å²) in [5.74, 6) is 1.35. The minimum absolute atomic E-state index is 0.0505. The molecule has 37 heavy (non-hydrogen) atoms. The number of amides is 2. The third-order valence-electron chi connectivity index (χ3n) is 6.93. The Bertz CT molecular complexity index is 889. The average molecular weight is 508 g/mol. The highest BCUT2D eigenvalue weighted by molar-refractivity contribution is 5.92. The van der Waals surface area contributed by atoms with E-state index >= 15 is 0 Å². The molecule has 0 spiro atoms. The van der Waals surface area contributed by atoms with E-state index in [2.05, 4.69) is 25.8 Å². The first-order valence-electron chi connectivity index (χ1n) is 13.8. The quantitative estimate of drug-likeness (QED) is 0.331. The molecule has 2 saturated heterocycles. The van der Waals surface area contributed by atoms with Crippen molar-refractivity contribution < 1.29 is 14.3 Å². The summed E-state index contributed by atoms with van der Waals surface area (Å²) in [6.45, 7) is 7.96. The summed E-state index contributed by atoms with van der Waals surface area (Å²) in [6, 6.07) is 14.7. The van der Waals surface area contributed by atoms with Gasteiger partial charge in [-0.1, -0.05) is 0 Å². The SMILES string of the molecule is O=C(CCCCN1CCCC1)Nc1ccc(Oc2ccc(NC(=O)CNCCN3CCCC3)cc2)cc1. The van der Waals surface area contributed by atoms with Crippen LogP contribution < -0.4 is 20.7 Å². The van der Waals surface area contributed by atoms with Crippen molar-refractivity contribution in [1.82, 2.24) is 15.1 Å². The highest BCUT2D eigenvalue weighted by Crippen LogP contribution is 2.24. The minimum atomic E-state index is -0.0562. The van der Waals surface area contributed by atoms with Gasteiger partial charge in [0.05, 0.1) is 6.54 Å². The highest BCUT2D eigenvalue weighted by Gasteiger charge is 2.12. The van der Waals surface area contributed by atoms with E-state index in [0.717, 1.165) is 43.9 Å². The van der Waals surface area contributed by atoms with E-state index in [1.807, 2.05) is 48.5 Å². The van der Waals surface area contributed by atoms with Crippen molar-refractivity contribution in [3.05, 3.63) is 48.5 Å². The number of benzene rings is 2. The number of likely N-dealkylation sites (tertiary alicyclic amines) is 2. The van der Waals surface area contributed by atoms with Gasteiger partial charge in [0.25, 0.3) is 0 Å². The van der Waals surface area contributed by atoms with Gasteiger partial charge in [0.1, 0.15) is 11.5 Å². The van der Waals surface area contributed by atoms with Crippen LogP contribution in [0.25, 0.3) is 0 Å². The monoisotopic (exact) mass is 507 g/mol. The van der Waals surface area contributed by atoms with E-state index in [-0.39, 0.29) is 11.8 Å². The molecule has 2 amide bonds. The number of nitrogens with one attached hydrogen (secondary N) is 3. The molecule has 8 heteroatoms. The smallest absolute Gasteiger partial charge is 0.238 e. The van der Waals surface area contributed by atoms with E-state index in [1.165, 1.54) is 51.9 Å². The van der Waals surface area contributed by atoms with Gasteiger partial charge in [-0.25, -0.2) is 0 Å². The van der Waals surface area contributed by atoms with Gasteiger partial charge >= 0.3 is 0 Å². The zero-order valence-corrected chi connectivity index (χ0v) is 21.8. The van der Waals surface area contributed by atoms with Crippen LogP contribution in [0.15, 0.2) is 48.5 Å². The van der Waals surface area contributed by atoms with Crippen LogP contribution in [0.5, 0.6) is 11.5 Å². The Morgan fingerprint density at radius 1 is 0.676 bits per heavy atom. The molecular weight excluding hydrogens is 466 g/mol. The van der Waals surface area contributed by atoms with Crippen LogP contribution in [0.3, 0.4) is 0 Å². The number of hydrogen-bond acceptors (Lipinski definition) is 6. The lowest BCUT2D eigenvalue weighted by Gasteiger charge is -2.14. The summed E-state index contributed by atoms with van der Waals surface area (Å²) in [5.41, 5.74) is 1.50. The molecular formula is C29H41N5O3. The predicted octanol–water partition coefficient (Wildman–Crippen LogP) is 4.31. The number of anilines is 2. The van der Waals surface area contributed by atoms with Crippen molar-refractivity contribution >= 4 is 23.2 Å². The summed E-state index contributed by atoms with van der Waals surface area (Å²) in [5, 5.41) is 9.08. The number of carbonyl (C=O) groups is 2. The van der Waals surface area contributed by atoms with Gasteiger partial charge in [-0.15, -0.1) is 0 Å². The lowest BCUT2D eigenvalue weighted by atomic mass is 10.2. The topological polar surface area (TPSA) is 85.9 Å². The standard InChI is InChI=1S/C29H41N5O3/c35-28(7-1-2-17-33-18-3-4-19-33)31-24-8-12-26(13-9-24)37-27-14-10-25(11-15-27)32-29(36)23-30-16-22-34-20-5-6-21-34/h8-15,30H,1-7,16-23H2,(H,31,35)(H,32,36). The van der Waals surface area contributed by atoms with Gasteiger partial charge < -0.3 is 30.5 Å². The van der Waals surface area contributed by atoms with Crippen molar-refractivity contribution in [2.45, 2.75) is 44.9 Å². The molecule has 2 aromatic rings. The second-order valence-corrected chi connectivity index (χ2v) is 9.98. The second kappa shape index (κ2) is 14.7. The number of unbranched alkanes of at least 4 members (excludes halogenated alkanes) is 1. The maximum absolute atomic E-state index is 12.2. The second-order valence-electron chi connectivity index (χ2n) is 9.98. The molecule has 2 heterocycles. The van der Waals surface area contributed by atoms with Crippen molar-refractivity contribution in [2.24, 2.45) is 0 Å². The first kappa shape index (κ1) is 27.1. The van der Waals surface area contributed by atoms with Crippen molar-refractivity contribution in [3.8, 4) is 11.5 Å². The molecule has 2 fully saturated rings. The van der Waals surface area contributed by atoms with Crippen LogP contribution >= 0.6 is 0 Å². The van der Waals surface area contributed by atoms with Crippen LogP contribution in [0.2, 0.25) is 0 Å². The van der Waals surface area contributed by atoms with Crippen LogP contribution in [0.1, 0.15) is 44.9 Å². The van der Waals surface area contributed by atoms with Gasteiger partial charge in [0, 0.05) is 30.9 Å². The maximum atomic E-state index is 12.2. The molecule has 0 bridgehead atoms. The minimum Gasteiger partial charge on any atom is -0.457 e. The fraction of sp³-hybridized carbons (Fsp3) is 0.517. The van der Waals surface area contributed by atoms with Gasteiger partial charge in [-0.05, 0) is 120 Å². The van der Waals surface area contributed by atoms with E-state index in [0.29, 0.717) is 24.5 Å². The van der Waals surface area contributed by atoms with Crippen LogP contribution in [0, 0.1) is 0 Å². The van der Waals surface area contributed by atoms with Crippen LogP contribution in [-0.2, 0) is 9.59 Å². The molecule has 3 N–H and O–H groups in total. The number of hydrogen-bond donors (Lipinski definition) is 3. The number of carbonyl (C=O) groups excluding carboxylic acids is 2. The molecule has 0 radical (unpaired) electrons. The number of ether oxygens (including phenoxy) is 1. The third kappa shape index (κ3) is 9.80. The largest absolute Gasteiger partial charge is 0.457 e. The first-order valence-corrected chi connectivity index (χ1v) is 13.8. The van der Waals surface area contributed by atoms with Gasteiger partial charge in [-0.3, -0.25) is 9.59 Å². The fourth-order valence-electron chi connectivity index (χ4n) is 4.85. The van der Waals surface area contributed by atoms with Gasteiger partial charge in [0.15, 0.2) is 0 Å². The van der Waals surface area contributed by atoms with Crippen molar-refractivity contribution in [1.29, 1.82) is 0 Å². The Morgan fingerprint density at radius 3 is 1.76 bits per heavy atom. The normalized spacial score (nSPS) is 16.1. The summed E-state index contributed by atoms with van der Waals surface area (Å²) in [7, 11) is 0. The van der Waals surface area contributed by atoms with E-state index in [9.17, 15) is 9.59 Å². The summed E-state index contributed by atoms with van der Waals surface area (Å²) < 4.78 is 5.91. The zero-order chi connectivity index (χ0) is 25.7. The van der Waals surface area contributed by atoms with E-state index in [1.54, 1.807) is 0 Å². The summed E-state index contributed by atoms with van der Waals surface area (Å²) >= 11 is 0. The highest BCUT2D eigenvalue weighted by atomic mass is 16.5. The Balaban J connectivity index is 1.11. The molecule has 0 aromatic heterocycles. The van der Waals surface area contributed by atoms with E-state index < -0.39 is 0 Å². The molecule has 0 aliphatic carbocycles. The molecule has 2 aromatic carbocycles. The lowest BCUT2D eigenvalue weighted by molar-refractivity contribution is -0.116. The first-order chi connectivity index (χ1) is 18.1. The zero-order valence-electron chi connectivity index (χ0n) is 21.8. The van der Waals surface area contributed by atoms with Gasteiger partial charge in [0.2, 0.25) is 11.8 Å². The third-order valence-corrected chi connectivity index (χ3v) is 6.93. The molecule has 8 nitrogen and oxygen atoms in total. The Morgan fingerprint density at radius 2 is 1.19 bits per heavy atom. The van der Waals surface area contributed by atoms with Crippen LogP contribution in [0.4, 0.5) is 11.4 Å². The van der Waals surface area contributed by atoms with Crippen LogP contribution in [-0.4, -0.2) is 74.0 Å². The Hall–Kier alpha value is -2.94. The average Bonchev–Trinajstić information content (AvgIpc) is 3.62. The number of rotatable bonds is 14. The van der Waals surface area contributed by atoms with E-state index in [4.69, 9.17) is 4.74 Å². The maximum Gasteiger partial charge on any atom is 0.238 e. The van der Waals surface area contributed by atoms with Crippen molar-refractivity contribution in [3.63, 3.8) is 0 Å². The van der Waals surface area contributed by atoms with Crippen molar-refractivity contribution in [2.75, 3.05) is 63.0 Å². The van der Waals surface area contributed by atoms with Gasteiger partial charge in [-0.2, -0.15) is 0 Å². The molecule has 0 saturated carbocycles. The lowest BCUT2D eigenvalue weighted by Crippen LogP contribution is -2.34. The molecule has 0 unspecified atom stereocenters. The molecule has 2 aliphatic rings.